The van der Waals surface area contributed by atoms with Crippen molar-refractivity contribution in [1.82, 2.24) is 0 Å². The van der Waals surface area contributed by atoms with Crippen LogP contribution < -0.4 is 18.9 Å². The van der Waals surface area contributed by atoms with Crippen molar-refractivity contribution >= 4 is 21.5 Å². The van der Waals surface area contributed by atoms with Gasteiger partial charge in [0.1, 0.15) is 23.0 Å². The summed E-state index contributed by atoms with van der Waals surface area (Å²) >= 11 is 0. The second-order valence-corrected chi connectivity index (χ2v) is 11.9. The quantitative estimate of drug-likeness (QED) is 0.131. The average molecular weight is 651 g/mol. The number of rotatable bonds is 11. The molecule has 8 rings (SSSR count). The normalized spacial score (nSPS) is 11.0. The first-order valence-corrected chi connectivity index (χ1v) is 16.7. The minimum atomic E-state index is 0.0407. The summed E-state index contributed by atoms with van der Waals surface area (Å²) in [6, 6.07) is 61.6. The van der Waals surface area contributed by atoms with E-state index in [1.54, 1.807) is 0 Å². The molecule has 0 N–H and O–H groups in total. The average Bonchev–Trinajstić information content (AvgIpc) is 3.19. The highest BCUT2D eigenvalue weighted by Gasteiger charge is 2.19. The summed E-state index contributed by atoms with van der Waals surface area (Å²) in [6.45, 7) is 0.0815. The van der Waals surface area contributed by atoms with Crippen molar-refractivity contribution in [2.24, 2.45) is 0 Å². The van der Waals surface area contributed by atoms with E-state index in [1.165, 1.54) is 0 Å². The molecule has 242 valence electrons. The lowest BCUT2D eigenvalue weighted by molar-refractivity contribution is 0.118. The van der Waals surface area contributed by atoms with Gasteiger partial charge in [-0.3, -0.25) is 0 Å². The zero-order valence-electron chi connectivity index (χ0n) is 27.4. The van der Waals surface area contributed by atoms with Crippen molar-refractivity contribution in [1.29, 1.82) is 0 Å². The zero-order valence-corrected chi connectivity index (χ0v) is 27.4. The van der Waals surface area contributed by atoms with E-state index in [2.05, 4.69) is 84.9 Å². The molecule has 4 heteroatoms. The summed E-state index contributed by atoms with van der Waals surface area (Å²) in [5.41, 5.74) is 6.46. The number of ether oxygens (including phenoxy) is 4. The van der Waals surface area contributed by atoms with E-state index in [9.17, 15) is 0 Å². The fourth-order valence-electron chi connectivity index (χ4n) is 6.33. The molecule has 0 fully saturated rings. The molecular formula is C46H34O4. The summed E-state index contributed by atoms with van der Waals surface area (Å²) in [6.07, 6.45) is 0. The molecule has 50 heavy (non-hydrogen) atoms. The monoisotopic (exact) mass is 650 g/mol. The molecule has 0 aliphatic heterocycles. The van der Waals surface area contributed by atoms with Crippen LogP contribution in [0.5, 0.6) is 23.0 Å². The lowest BCUT2D eigenvalue weighted by Crippen LogP contribution is -2.08. The Kier molecular flexibility index (Phi) is 8.81. The van der Waals surface area contributed by atoms with Gasteiger partial charge in [-0.05, 0) is 80.2 Å². The van der Waals surface area contributed by atoms with Crippen LogP contribution in [0.15, 0.2) is 182 Å². The second-order valence-electron chi connectivity index (χ2n) is 11.9. The smallest absolute Gasteiger partial charge is 0.230 e. The largest absolute Gasteiger partial charge is 0.458 e. The van der Waals surface area contributed by atoms with E-state index in [-0.39, 0.29) is 13.6 Å². The van der Waals surface area contributed by atoms with Crippen molar-refractivity contribution < 1.29 is 18.9 Å². The Morgan fingerprint density at radius 1 is 0.280 bits per heavy atom. The highest BCUT2D eigenvalue weighted by molar-refractivity contribution is 6.09. The topological polar surface area (TPSA) is 36.9 Å². The standard InChI is InChI=1S/C46H34O4/c1-3-11-33(12-4-1)35-19-25-39(26-20-35)47-31-49-43-29-23-37-15-7-9-17-41(37)45(43)46-42-18-10-8-16-38(42)24-30-44(46)50-32-48-40-27-21-36(22-28-40)34-13-5-2-6-14-34/h1-30H,31-32H2. The molecule has 0 saturated carbocycles. The van der Waals surface area contributed by atoms with Crippen LogP contribution in [0.3, 0.4) is 0 Å². The Morgan fingerprint density at radius 3 is 1.06 bits per heavy atom. The van der Waals surface area contributed by atoms with E-state index in [0.717, 1.165) is 66.4 Å². The molecule has 0 radical (unpaired) electrons. The molecule has 0 bridgehead atoms. The van der Waals surface area contributed by atoms with Crippen molar-refractivity contribution in [3.63, 3.8) is 0 Å². The Balaban J connectivity index is 1.07. The van der Waals surface area contributed by atoms with Crippen molar-refractivity contribution in [3.05, 3.63) is 182 Å². The molecule has 0 aliphatic carbocycles. The van der Waals surface area contributed by atoms with Crippen molar-refractivity contribution in [3.8, 4) is 56.4 Å². The van der Waals surface area contributed by atoms with E-state index >= 15 is 0 Å². The number of hydrogen-bond donors (Lipinski definition) is 0. The van der Waals surface area contributed by atoms with Gasteiger partial charge in [0.2, 0.25) is 13.6 Å². The van der Waals surface area contributed by atoms with Gasteiger partial charge in [0, 0.05) is 11.1 Å². The van der Waals surface area contributed by atoms with Gasteiger partial charge in [0.05, 0.1) is 0 Å². The van der Waals surface area contributed by atoms with Gasteiger partial charge < -0.3 is 18.9 Å². The maximum absolute atomic E-state index is 6.43. The molecule has 0 saturated heterocycles. The van der Waals surface area contributed by atoms with E-state index < -0.39 is 0 Å². The molecule has 4 nitrogen and oxygen atoms in total. The van der Waals surface area contributed by atoms with Gasteiger partial charge in [-0.15, -0.1) is 0 Å². The summed E-state index contributed by atoms with van der Waals surface area (Å²) in [4.78, 5) is 0. The predicted octanol–water partition coefficient (Wildman–Crippen LogP) is 11.8. The van der Waals surface area contributed by atoms with Crippen LogP contribution in [0.1, 0.15) is 0 Å². The highest BCUT2D eigenvalue weighted by atomic mass is 16.7. The summed E-state index contributed by atoms with van der Waals surface area (Å²) in [7, 11) is 0. The number of fused-ring (bicyclic) bond motifs is 2. The third-order valence-electron chi connectivity index (χ3n) is 8.83. The lowest BCUT2D eigenvalue weighted by atomic mass is 9.92. The molecule has 8 aromatic rings. The molecule has 0 heterocycles. The van der Waals surface area contributed by atoms with E-state index in [0.29, 0.717) is 11.5 Å². The zero-order chi connectivity index (χ0) is 33.5. The Morgan fingerprint density at radius 2 is 0.640 bits per heavy atom. The first-order valence-electron chi connectivity index (χ1n) is 16.7. The van der Waals surface area contributed by atoms with Crippen LogP contribution in [0.2, 0.25) is 0 Å². The summed E-state index contributed by atoms with van der Waals surface area (Å²) in [5.74, 6) is 2.86. The lowest BCUT2D eigenvalue weighted by Gasteiger charge is -2.20. The fraction of sp³-hybridized carbons (Fsp3) is 0.0435. The molecule has 0 atom stereocenters. The summed E-state index contributed by atoms with van der Waals surface area (Å²) in [5, 5.41) is 4.30. The van der Waals surface area contributed by atoms with Crippen LogP contribution in [0.4, 0.5) is 0 Å². The van der Waals surface area contributed by atoms with Crippen molar-refractivity contribution in [2.45, 2.75) is 0 Å². The third kappa shape index (κ3) is 6.60. The molecule has 8 aromatic carbocycles. The Bertz CT molecular complexity index is 2180. The van der Waals surface area contributed by atoms with Gasteiger partial charge in [-0.1, -0.05) is 146 Å². The molecule has 0 amide bonds. The third-order valence-corrected chi connectivity index (χ3v) is 8.83. The van der Waals surface area contributed by atoms with Crippen LogP contribution >= 0.6 is 0 Å². The summed E-state index contributed by atoms with van der Waals surface area (Å²) < 4.78 is 25.1. The predicted molar refractivity (Wildman–Crippen MR) is 203 cm³/mol. The minimum Gasteiger partial charge on any atom is -0.458 e. The molecule has 0 aliphatic rings. The maximum Gasteiger partial charge on any atom is 0.230 e. The van der Waals surface area contributed by atoms with Gasteiger partial charge >= 0.3 is 0 Å². The second kappa shape index (κ2) is 14.3. The Hall–Kier alpha value is -6.52. The molecule has 0 unspecified atom stereocenters. The van der Waals surface area contributed by atoms with Crippen LogP contribution in [-0.2, 0) is 0 Å². The van der Waals surface area contributed by atoms with E-state index in [4.69, 9.17) is 18.9 Å². The van der Waals surface area contributed by atoms with Gasteiger partial charge in [-0.25, -0.2) is 0 Å². The molecule has 0 aromatic heterocycles. The molecular weight excluding hydrogens is 617 g/mol. The van der Waals surface area contributed by atoms with Crippen LogP contribution in [0, 0.1) is 0 Å². The van der Waals surface area contributed by atoms with Gasteiger partial charge in [0.15, 0.2) is 0 Å². The van der Waals surface area contributed by atoms with E-state index in [1.807, 2.05) is 97.1 Å². The first kappa shape index (κ1) is 30.8. The molecule has 0 spiro atoms. The Labute approximate surface area is 291 Å². The highest BCUT2D eigenvalue weighted by Crippen LogP contribution is 2.45. The first-order chi connectivity index (χ1) is 24.8. The van der Waals surface area contributed by atoms with Gasteiger partial charge in [0.25, 0.3) is 0 Å². The minimum absolute atomic E-state index is 0.0407. The SMILES string of the molecule is c1ccc(-c2ccc(OCOc3ccc4ccccc4c3-c3c(OCOc4ccc(-c5ccccc5)cc4)ccc4ccccc34)cc2)cc1. The van der Waals surface area contributed by atoms with Crippen molar-refractivity contribution in [2.75, 3.05) is 13.6 Å². The number of benzene rings is 8. The maximum atomic E-state index is 6.43. The van der Waals surface area contributed by atoms with Crippen LogP contribution in [-0.4, -0.2) is 13.6 Å². The number of hydrogen-bond acceptors (Lipinski definition) is 4. The fourth-order valence-corrected chi connectivity index (χ4v) is 6.33. The van der Waals surface area contributed by atoms with Gasteiger partial charge in [-0.2, -0.15) is 0 Å². The van der Waals surface area contributed by atoms with Crippen LogP contribution in [0.25, 0.3) is 54.9 Å².